The maximum absolute atomic E-state index is 12.9. The number of nitrogens with one attached hydrogen (secondary N) is 1. The summed E-state index contributed by atoms with van der Waals surface area (Å²) in [6.45, 7) is 1.66. The first kappa shape index (κ1) is 9.16. The van der Waals surface area contributed by atoms with E-state index in [1.54, 1.807) is 6.92 Å². The largest absolute Gasteiger partial charge is 0.346 e. The normalized spacial score (nSPS) is 18.5. The number of hydrogen-bond donors (Lipinski definition) is 1. The summed E-state index contributed by atoms with van der Waals surface area (Å²) in [5.41, 5.74) is -1.66. The van der Waals surface area contributed by atoms with Crippen molar-refractivity contribution in [2.75, 3.05) is 6.54 Å². The first-order chi connectivity index (χ1) is 5.58. The number of alkyl halides is 1. The molecule has 0 unspecified atom stereocenters. The minimum absolute atomic E-state index is 0.0407. The molecule has 0 heterocycles. The van der Waals surface area contributed by atoms with Gasteiger partial charge in [0, 0.05) is 6.42 Å². The number of hydrogen-bond acceptors (Lipinski definition) is 2. The SMILES string of the molecule is CCC(=O)CNC(=O)C1(F)CC1. The van der Waals surface area contributed by atoms with Crippen molar-refractivity contribution in [1.82, 2.24) is 5.32 Å². The van der Waals surface area contributed by atoms with Crippen LogP contribution in [0.2, 0.25) is 0 Å². The Labute approximate surface area is 70.3 Å². The average Bonchev–Trinajstić information content (AvgIpc) is 2.80. The number of Topliss-reactive ketones (excluding diaryl/α,β-unsaturated/α-hetero) is 1. The molecule has 0 aromatic carbocycles. The van der Waals surface area contributed by atoms with E-state index in [4.69, 9.17) is 0 Å². The second-order valence-electron chi connectivity index (χ2n) is 3.04. The molecule has 0 radical (unpaired) electrons. The van der Waals surface area contributed by atoms with Gasteiger partial charge >= 0.3 is 0 Å². The van der Waals surface area contributed by atoms with Gasteiger partial charge in [-0.1, -0.05) is 6.92 Å². The van der Waals surface area contributed by atoms with E-state index in [-0.39, 0.29) is 12.3 Å². The summed E-state index contributed by atoms with van der Waals surface area (Å²) in [6.07, 6.45) is 0.956. The average molecular weight is 173 g/mol. The lowest BCUT2D eigenvalue weighted by Crippen LogP contribution is -2.36. The number of ketones is 1. The third kappa shape index (κ3) is 2.03. The van der Waals surface area contributed by atoms with E-state index in [1.807, 2.05) is 0 Å². The first-order valence-corrected chi connectivity index (χ1v) is 4.07. The van der Waals surface area contributed by atoms with Crippen molar-refractivity contribution in [1.29, 1.82) is 0 Å². The third-order valence-electron chi connectivity index (χ3n) is 1.94. The summed E-state index contributed by atoms with van der Waals surface area (Å²) in [4.78, 5) is 21.6. The lowest BCUT2D eigenvalue weighted by atomic mass is 10.3. The topological polar surface area (TPSA) is 46.2 Å². The van der Waals surface area contributed by atoms with Crippen LogP contribution < -0.4 is 5.32 Å². The second kappa shape index (κ2) is 3.21. The molecule has 0 aromatic heterocycles. The van der Waals surface area contributed by atoms with Gasteiger partial charge in [-0.2, -0.15) is 0 Å². The Bertz CT molecular complexity index is 211. The predicted molar refractivity (Wildman–Crippen MR) is 41.4 cm³/mol. The molecule has 1 rings (SSSR count). The van der Waals surface area contributed by atoms with Crippen LogP contribution in [0.15, 0.2) is 0 Å². The Morgan fingerprint density at radius 1 is 1.50 bits per heavy atom. The van der Waals surface area contributed by atoms with Crippen LogP contribution in [0.1, 0.15) is 26.2 Å². The van der Waals surface area contributed by atoms with Crippen LogP contribution in [0.25, 0.3) is 0 Å². The maximum Gasteiger partial charge on any atom is 0.258 e. The Kier molecular flexibility index (Phi) is 2.45. The zero-order valence-electron chi connectivity index (χ0n) is 7.02. The highest BCUT2D eigenvalue weighted by Gasteiger charge is 2.50. The lowest BCUT2D eigenvalue weighted by molar-refractivity contribution is -0.129. The molecular weight excluding hydrogens is 161 g/mol. The smallest absolute Gasteiger partial charge is 0.258 e. The Morgan fingerprint density at radius 3 is 2.50 bits per heavy atom. The zero-order valence-corrected chi connectivity index (χ0v) is 7.02. The fraction of sp³-hybridized carbons (Fsp3) is 0.750. The highest BCUT2D eigenvalue weighted by molar-refractivity contribution is 5.91. The molecule has 68 valence electrons. The van der Waals surface area contributed by atoms with Crippen LogP contribution in [0, 0.1) is 0 Å². The van der Waals surface area contributed by atoms with Gasteiger partial charge in [0.15, 0.2) is 11.5 Å². The van der Waals surface area contributed by atoms with Crippen molar-refractivity contribution in [3.63, 3.8) is 0 Å². The standard InChI is InChI=1S/C8H12FNO2/c1-2-6(11)5-10-7(12)8(9)3-4-8/h2-5H2,1H3,(H,10,12). The van der Waals surface area contributed by atoms with Crippen molar-refractivity contribution < 1.29 is 14.0 Å². The van der Waals surface area contributed by atoms with E-state index >= 15 is 0 Å². The van der Waals surface area contributed by atoms with Crippen molar-refractivity contribution in [2.45, 2.75) is 31.9 Å². The quantitative estimate of drug-likeness (QED) is 0.676. The van der Waals surface area contributed by atoms with Crippen molar-refractivity contribution in [3.8, 4) is 0 Å². The van der Waals surface area contributed by atoms with E-state index in [1.165, 1.54) is 0 Å². The number of amides is 1. The van der Waals surface area contributed by atoms with Gasteiger partial charge in [-0.25, -0.2) is 4.39 Å². The van der Waals surface area contributed by atoms with Crippen molar-refractivity contribution >= 4 is 11.7 Å². The molecule has 1 saturated carbocycles. The van der Waals surface area contributed by atoms with Gasteiger partial charge in [-0.15, -0.1) is 0 Å². The van der Waals surface area contributed by atoms with Crippen molar-refractivity contribution in [3.05, 3.63) is 0 Å². The lowest BCUT2D eigenvalue weighted by Gasteiger charge is -2.05. The van der Waals surface area contributed by atoms with Gasteiger partial charge in [-0.05, 0) is 12.8 Å². The van der Waals surface area contributed by atoms with Crippen LogP contribution in [-0.2, 0) is 9.59 Å². The summed E-state index contributed by atoms with van der Waals surface area (Å²) in [5, 5.41) is 2.27. The molecule has 3 nitrogen and oxygen atoms in total. The molecule has 1 amide bonds. The summed E-state index contributed by atoms with van der Waals surface area (Å²) >= 11 is 0. The molecule has 1 aliphatic rings. The molecule has 1 N–H and O–H groups in total. The van der Waals surface area contributed by atoms with Gasteiger partial charge in [0.05, 0.1) is 6.54 Å². The fourth-order valence-electron chi connectivity index (χ4n) is 0.799. The molecule has 0 aliphatic heterocycles. The zero-order chi connectivity index (χ0) is 9.19. The van der Waals surface area contributed by atoms with Crippen LogP contribution in [0.5, 0.6) is 0 Å². The van der Waals surface area contributed by atoms with Gasteiger partial charge in [0.2, 0.25) is 0 Å². The highest BCUT2D eigenvalue weighted by Crippen LogP contribution is 2.39. The number of carbonyl (C=O) groups is 2. The minimum Gasteiger partial charge on any atom is -0.346 e. The van der Waals surface area contributed by atoms with Gasteiger partial charge in [-0.3, -0.25) is 9.59 Å². The molecular formula is C8H12FNO2. The second-order valence-corrected chi connectivity index (χ2v) is 3.04. The van der Waals surface area contributed by atoms with Gasteiger partial charge < -0.3 is 5.32 Å². The van der Waals surface area contributed by atoms with E-state index < -0.39 is 11.6 Å². The summed E-state index contributed by atoms with van der Waals surface area (Å²) in [5.74, 6) is -0.711. The molecule has 0 atom stereocenters. The van der Waals surface area contributed by atoms with Crippen LogP contribution in [-0.4, -0.2) is 23.9 Å². The molecule has 0 saturated heterocycles. The van der Waals surface area contributed by atoms with Gasteiger partial charge in [0.1, 0.15) is 0 Å². The molecule has 0 aromatic rings. The van der Waals surface area contributed by atoms with E-state index in [2.05, 4.69) is 5.32 Å². The first-order valence-electron chi connectivity index (χ1n) is 4.07. The minimum atomic E-state index is -1.66. The molecule has 12 heavy (non-hydrogen) atoms. The van der Waals surface area contributed by atoms with E-state index in [0.29, 0.717) is 19.3 Å². The number of carbonyl (C=O) groups excluding carboxylic acids is 2. The molecule has 0 spiro atoms. The molecule has 0 bridgehead atoms. The predicted octanol–water partition coefficient (Wildman–Crippen LogP) is 0.584. The monoisotopic (exact) mass is 173 g/mol. The summed E-state index contributed by atoms with van der Waals surface area (Å²) in [7, 11) is 0. The molecule has 1 fully saturated rings. The van der Waals surface area contributed by atoms with Crippen molar-refractivity contribution in [2.24, 2.45) is 0 Å². The third-order valence-corrected chi connectivity index (χ3v) is 1.94. The maximum atomic E-state index is 12.9. The molecule has 4 heteroatoms. The van der Waals surface area contributed by atoms with E-state index in [0.717, 1.165) is 0 Å². The van der Waals surface area contributed by atoms with Crippen LogP contribution >= 0.6 is 0 Å². The Balaban J connectivity index is 2.23. The number of halogens is 1. The Hall–Kier alpha value is -0.930. The number of rotatable bonds is 4. The van der Waals surface area contributed by atoms with Crippen LogP contribution in [0.4, 0.5) is 4.39 Å². The Morgan fingerprint density at radius 2 is 2.08 bits per heavy atom. The van der Waals surface area contributed by atoms with E-state index in [9.17, 15) is 14.0 Å². The molecule has 1 aliphatic carbocycles. The summed E-state index contributed by atoms with van der Waals surface area (Å²) in [6, 6.07) is 0. The highest BCUT2D eigenvalue weighted by atomic mass is 19.1. The van der Waals surface area contributed by atoms with Gasteiger partial charge in [0.25, 0.3) is 5.91 Å². The van der Waals surface area contributed by atoms with Crippen LogP contribution in [0.3, 0.4) is 0 Å². The summed E-state index contributed by atoms with van der Waals surface area (Å²) < 4.78 is 12.9. The fourth-order valence-corrected chi connectivity index (χ4v) is 0.799.